The van der Waals surface area contributed by atoms with E-state index in [1.165, 1.54) is 14.2 Å². The monoisotopic (exact) mass is 270 g/mol. The van der Waals surface area contributed by atoms with Crippen molar-refractivity contribution >= 4 is 13.4 Å². The molecule has 0 saturated heterocycles. The second-order valence-electron chi connectivity index (χ2n) is 4.19. The van der Waals surface area contributed by atoms with Gasteiger partial charge in [0, 0.05) is 20.1 Å². The fraction of sp³-hybridized carbons (Fsp3) is 0.462. The molecule has 5 heteroatoms. The highest BCUT2D eigenvalue weighted by atomic mass is 31.2. The van der Waals surface area contributed by atoms with Crippen LogP contribution >= 0.6 is 7.60 Å². The number of rotatable bonds is 7. The molecule has 0 aliphatic rings. The Balaban J connectivity index is 2.60. The Bertz CT molecular complexity index is 422. The highest BCUT2D eigenvalue weighted by Crippen LogP contribution is 2.46. The molecule has 0 saturated carbocycles. The lowest BCUT2D eigenvalue weighted by Gasteiger charge is -2.15. The van der Waals surface area contributed by atoms with Crippen LogP contribution in [-0.4, -0.2) is 26.2 Å². The first-order valence-electron chi connectivity index (χ1n) is 5.78. The Morgan fingerprint density at radius 3 is 2.28 bits per heavy atom. The van der Waals surface area contributed by atoms with Crippen LogP contribution in [0.1, 0.15) is 12.5 Å². The summed E-state index contributed by atoms with van der Waals surface area (Å²) in [5, 5.41) is 0. The van der Waals surface area contributed by atoms with Crippen LogP contribution in [0.2, 0.25) is 0 Å². The summed E-state index contributed by atoms with van der Waals surface area (Å²) in [5.41, 5.74) is 1.09. The van der Waals surface area contributed by atoms with E-state index < -0.39 is 7.60 Å². The molecule has 4 nitrogen and oxygen atoms in total. The lowest BCUT2D eigenvalue weighted by Crippen LogP contribution is -2.18. The molecule has 0 heterocycles. The molecule has 1 unspecified atom stereocenters. The van der Waals surface area contributed by atoms with Crippen molar-refractivity contribution < 1.29 is 18.4 Å². The van der Waals surface area contributed by atoms with Crippen molar-refractivity contribution in [2.45, 2.75) is 13.3 Å². The minimum atomic E-state index is -3.25. The van der Waals surface area contributed by atoms with Gasteiger partial charge in [0.2, 0.25) is 0 Å². The zero-order valence-corrected chi connectivity index (χ0v) is 11.9. The summed E-state index contributed by atoms with van der Waals surface area (Å²) in [6.45, 7) is 1.82. The summed E-state index contributed by atoms with van der Waals surface area (Å²) in [7, 11) is -0.663. The number of carbonyl (C=O) groups excluding carboxylic acids is 1. The van der Waals surface area contributed by atoms with Gasteiger partial charge < -0.3 is 9.05 Å². The molecule has 1 aromatic rings. The Morgan fingerprint density at radius 1 is 1.22 bits per heavy atom. The van der Waals surface area contributed by atoms with E-state index in [4.69, 9.17) is 9.05 Å². The van der Waals surface area contributed by atoms with Gasteiger partial charge >= 0.3 is 7.60 Å². The van der Waals surface area contributed by atoms with Crippen LogP contribution in [0.3, 0.4) is 0 Å². The van der Waals surface area contributed by atoms with Crippen LogP contribution in [0.25, 0.3) is 0 Å². The van der Waals surface area contributed by atoms with E-state index in [2.05, 4.69) is 0 Å². The van der Waals surface area contributed by atoms with Crippen LogP contribution in [0.5, 0.6) is 0 Å². The molecule has 1 atom stereocenters. The smallest absolute Gasteiger partial charge is 0.312 e. The van der Waals surface area contributed by atoms with E-state index in [1.807, 2.05) is 37.3 Å². The van der Waals surface area contributed by atoms with Crippen molar-refractivity contribution in [1.29, 1.82) is 0 Å². The van der Waals surface area contributed by atoms with Crippen LogP contribution in [0.4, 0.5) is 0 Å². The molecular formula is C13H19O4P. The third-order valence-corrected chi connectivity index (χ3v) is 4.65. The lowest BCUT2D eigenvalue weighted by atomic mass is 9.98. The Hall–Kier alpha value is -0.960. The molecule has 0 spiro atoms. The standard InChI is InChI=1S/C13H19O4P/c1-11(9-12-7-5-4-6-8-12)13(14)10-18(15,16-2)17-3/h4-8,11H,9-10H2,1-3H3. The number of Topliss-reactive ketones (excluding diaryl/α,β-unsaturated/α-hetero) is 1. The van der Waals surface area contributed by atoms with Gasteiger partial charge in [-0.3, -0.25) is 9.36 Å². The summed E-state index contributed by atoms with van der Waals surface area (Å²) in [5.74, 6) is -0.308. The van der Waals surface area contributed by atoms with Gasteiger partial charge in [0.05, 0.1) is 0 Å². The highest BCUT2D eigenvalue weighted by Gasteiger charge is 2.28. The molecule has 0 aromatic heterocycles. The molecule has 1 aromatic carbocycles. The van der Waals surface area contributed by atoms with Crippen LogP contribution in [0, 0.1) is 5.92 Å². The van der Waals surface area contributed by atoms with E-state index in [0.29, 0.717) is 6.42 Å². The van der Waals surface area contributed by atoms with E-state index >= 15 is 0 Å². The van der Waals surface area contributed by atoms with Gasteiger partial charge in [-0.1, -0.05) is 37.3 Å². The summed E-state index contributed by atoms with van der Waals surface area (Å²) in [4.78, 5) is 11.9. The first kappa shape index (κ1) is 15.1. The van der Waals surface area contributed by atoms with Crippen molar-refractivity contribution in [3.8, 4) is 0 Å². The van der Waals surface area contributed by atoms with Crippen molar-refractivity contribution in [1.82, 2.24) is 0 Å². The van der Waals surface area contributed by atoms with E-state index in [1.54, 1.807) is 0 Å². The quantitative estimate of drug-likeness (QED) is 0.715. The first-order valence-corrected chi connectivity index (χ1v) is 7.50. The van der Waals surface area contributed by atoms with E-state index in [-0.39, 0.29) is 17.9 Å². The maximum atomic E-state index is 11.9. The third-order valence-electron chi connectivity index (χ3n) is 2.84. The number of carbonyl (C=O) groups is 1. The van der Waals surface area contributed by atoms with Gasteiger partial charge in [0.25, 0.3) is 0 Å². The van der Waals surface area contributed by atoms with Crippen molar-refractivity contribution in [3.05, 3.63) is 35.9 Å². The predicted octanol–water partition coefficient (Wildman–Crippen LogP) is 2.92. The van der Waals surface area contributed by atoms with Gasteiger partial charge in [-0.05, 0) is 12.0 Å². The lowest BCUT2D eigenvalue weighted by molar-refractivity contribution is -0.120. The maximum Gasteiger partial charge on any atom is 0.337 e. The molecule has 0 N–H and O–H groups in total. The molecule has 18 heavy (non-hydrogen) atoms. The van der Waals surface area contributed by atoms with Gasteiger partial charge in [-0.25, -0.2) is 0 Å². The second-order valence-corrected chi connectivity index (χ2v) is 6.46. The molecule has 0 bridgehead atoms. The van der Waals surface area contributed by atoms with Gasteiger partial charge in [-0.15, -0.1) is 0 Å². The summed E-state index contributed by atoms with van der Waals surface area (Å²) in [6, 6.07) is 9.73. The normalized spacial score (nSPS) is 13.3. The zero-order valence-electron chi connectivity index (χ0n) is 11.0. The Morgan fingerprint density at radius 2 is 1.78 bits per heavy atom. The molecule has 1 rings (SSSR count). The summed E-state index contributed by atoms with van der Waals surface area (Å²) < 4.78 is 21.4. The number of hydrogen-bond acceptors (Lipinski definition) is 4. The molecule has 0 radical (unpaired) electrons. The second kappa shape index (κ2) is 6.83. The first-order chi connectivity index (χ1) is 8.50. The fourth-order valence-electron chi connectivity index (χ4n) is 1.63. The largest absolute Gasteiger partial charge is 0.337 e. The van der Waals surface area contributed by atoms with Crippen molar-refractivity contribution in [2.24, 2.45) is 5.92 Å². The van der Waals surface area contributed by atoms with E-state index in [9.17, 15) is 9.36 Å². The topological polar surface area (TPSA) is 52.6 Å². The Kier molecular flexibility index (Phi) is 5.73. The van der Waals surface area contributed by atoms with Crippen LogP contribution in [-0.2, 0) is 24.8 Å². The molecule has 100 valence electrons. The van der Waals surface area contributed by atoms with Crippen molar-refractivity contribution in [2.75, 3.05) is 20.4 Å². The average molecular weight is 270 g/mol. The van der Waals surface area contributed by atoms with Gasteiger partial charge in [0.1, 0.15) is 11.9 Å². The zero-order chi connectivity index (χ0) is 13.6. The number of hydrogen-bond donors (Lipinski definition) is 0. The number of benzene rings is 1. The number of ketones is 1. The van der Waals surface area contributed by atoms with Crippen LogP contribution < -0.4 is 0 Å². The van der Waals surface area contributed by atoms with Gasteiger partial charge in [-0.2, -0.15) is 0 Å². The summed E-state index contributed by atoms with van der Waals surface area (Å²) >= 11 is 0. The Labute approximate surface area is 108 Å². The highest BCUT2D eigenvalue weighted by molar-refractivity contribution is 7.54. The molecule has 0 amide bonds. The fourth-order valence-corrected chi connectivity index (χ4v) is 2.73. The molecule has 0 fully saturated rings. The summed E-state index contributed by atoms with van der Waals surface area (Å²) in [6.07, 6.45) is 0.459. The minimum absolute atomic E-state index is 0.106. The average Bonchev–Trinajstić information content (AvgIpc) is 2.39. The van der Waals surface area contributed by atoms with Crippen LogP contribution in [0.15, 0.2) is 30.3 Å². The molecule has 0 aliphatic carbocycles. The van der Waals surface area contributed by atoms with E-state index in [0.717, 1.165) is 5.56 Å². The van der Waals surface area contributed by atoms with Crippen molar-refractivity contribution in [3.63, 3.8) is 0 Å². The van der Waals surface area contributed by atoms with Gasteiger partial charge in [0.15, 0.2) is 0 Å². The molecule has 0 aliphatic heterocycles. The minimum Gasteiger partial charge on any atom is -0.312 e. The SMILES string of the molecule is COP(=O)(CC(=O)C(C)Cc1ccccc1)OC. The predicted molar refractivity (Wildman–Crippen MR) is 70.8 cm³/mol. The third kappa shape index (κ3) is 4.37. The molecular weight excluding hydrogens is 251 g/mol. The maximum absolute atomic E-state index is 11.9.